The fraction of sp³-hybridized carbons (Fsp3) is 0.250. The Morgan fingerprint density at radius 3 is 2.52 bits per heavy atom. The molecule has 1 heterocycles. The van der Waals surface area contributed by atoms with Gasteiger partial charge in [-0.2, -0.15) is 0 Å². The van der Waals surface area contributed by atoms with Crippen LogP contribution in [0.3, 0.4) is 0 Å². The SMILES string of the molecule is CCN(c1cccc(F)c1)c1cc2c(cc1N)OCCO2. The Hall–Kier alpha value is -2.43. The van der Waals surface area contributed by atoms with Crippen molar-refractivity contribution in [2.24, 2.45) is 0 Å². The van der Waals surface area contributed by atoms with Crippen LogP contribution in [0.2, 0.25) is 0 Å². The first-order chi connectivity index (χ1) is 10.2. The number of benzene rings is 2. The molecule has 0 amide bonds. The quantitative estimate of drug-likeness (QED) is 0.880. The normalized spacial score (nSPS) is 13.0. The lowest BCUT2D eigenvalue weighted by atomic mass is 10.2. The highest BCUT2D eigenvalue weighted by atomic mass is 19.1. The Balaban J connectivity index is 2.04. The van der Waals surface area contributed by atoms with Gasteiger partial charge >= 0.3 is 0 Å². The summed E-state index contributed by atoms with van der Waals surface area (Å²) in [6.07, 6.45) is 0. The second-order valence-electron chi connectivity index (χ2n) is 4.78. The summed E-state index contributed by atoms with van der Waals surface area (Å²) in [7, 11) is 0. The van der Waals surface area contributed by atoms with Crippen molar-refractivity contribution in [1.29, 1.82) is 0 Å². The fourth-order valence-electron chi connectivity index (χ4n) is 2.46. The molecule has 3 rings (SSSR count). The van der Waals surface area contributed by atoms with E-state index in [2.05, 4.69) is 0 Å². The summed E-state index contributed by atoms with van der Waals surface area (Å²) in [5, 5.41) is 0. The molecule has 0 bridgehead atoms. The monoisotopic (exact) mass is 288 g/mol. The Labute approximate surface area is 122 Å². The van der Waals surface area contributed by atoms with Gasteiger partial charge in [0.2, 0.25) is 0 Å². The number of nitrogens with two attached hydrogens (primary N) is 1. The average Bonchev–Trinajstić information content (AvgIpc) is 2.48. The summed E-state index contributed by atoms with van der Waals surface area (Å²) >= 11 is 0. The summed E-state index contributed by atoms with van der Waals surface area (Å²) in [6.45, 7) is 3.68. The van der Waals surface area contributed by atoms with Crippen molar-refractivity contribution in [2.45, 2.75) is 6.92 Å². The van der Waals surface area contributed by atoms with Gasteiger partial charge in [-0.1, -0.05) is 6.07 Å². The third kappa shape index (κ3) is 2.59. The molecule has 0 radical (unpaired) electrons. The van der Waals surface area contributed by atoms with Crippen LogP contribution in [0.4, 0.5) is 21.5 Å². The number of nitrogens with zero attached hydrogens (tertiary/aromatic N) is 1. The van der Waals surface area contributed by atoms with Crippen LogP contribution >= 0.6 is 0 Å². The highest BCUT2D eigenvalue weighted by Gasteiger charge is 2.18. The number of ether oxygens (including phenoxy) is 2. The third-order valence-corrected chi connectivity index (χ3v) is 3.42. The van der Waals surface area contributed by atoms with Crippen molar-refractivity contribution in [3.05, 3.63) is 42.2 Å². The number of halogens is 1. The van der Waals surface area contributed by atoms with E-state index in [4.69, 9.17) is 15.2 Å². The second kappa shape index (κ2) is 5.52. The number of hydrogen-bond acceptors (Lipinski definition) is 4. The van der Waals surface area contributed by atoms with Crippen molar-refractivity contribution >= 4 is 17.1 Å². The van der Waals surface area contributed by atoms with Gasteiger partial charge in [0.25, 0.3) is 0 Å². The smallest absolute Gasteiger partial charge is 0.163 e. The molecular weight excluding hydrogens is 271 g/mol. The molecule has 4 nitrogen and oxygen atoms in total. The van der Waals surface area contributed by atoms with Crippen molar-refractivity contribution in [3.8, 4) is 11.5 Å². The number of fused-ring (bicyclic) bond motifs is 1. The maximum Gasteiger partial charge on any atom is 0.163 e. The van der Waals surface area contributed by atoms with E-state index in [9.17, 15) is 4.39 Å². The maximum absolute atomic E-state index is 13.5. The van der Waals surface area contributed by atoms with Gasteiger partial charge in [-0.25, -0.2) is 4.39 Å². The molecule has 0 saturated heterocycles. The van der Waals surface area contributed by atoms with Crippen LogP contribution in [0.25, 0.3) is 0 Å². The molecule has 1 aliphatic rings. The van der Waals surface area contributed by atoms with Gasteiger partial charge in [0.15, 0.2) is 11.5 Å². The van der Waals surface area contributed by atoms with Crippen LogP contribution in [0, 0.1) is 5.82 Å². The summed E-state index contributed by atoms with van der Waals surface area (Å²) in [4.78, 5) is 1.94. The van der Waals surface area contributed by atoms with E-state index in [-0.39, 0.29) is 5.82 Å². The molecule has 110 valence electrons. The van der Waals surface area contributed by atoms with E-state index < -0.39 is 0 Å². The summed E-state index contributed by atoms with van der Waals surface area (Å²) in [6, 6.07) is 10.0. The van der Waals surface area contributed by atoms with Gasteiger partial charge in [0.1, 0.15) is 19.0 Å². The Morgan fingerprint density at radius 1 is 1.14 bits per heavy atom. The van der Waals surface area contributed by atoms with Gasteiger partial charge < -0.3 is 20.1 Å². The van der Waals surface area contributed by atoms with Crippen molar-refractivity contribution in [2.75, 3.05) is 30.4 Å². The first-order valence-electron chi connectivity index (χ1n) is 6.91. The second-order valence-corrected chi connectivity index (χ2v) is 4.78. The molecule has 0 fully saturated rings. The fourth-order valence-corrected chi connectivity index (χ4v) is 2.46. The minimum absolute atomic E-state index is 0.276. The third-order valence-electron chi connectivity index (χ3n) is 3.42. The first-order valence-corrected chi connectivity index (χ1v) is 6.91. The van der Waals surface area contributed by atoms with E-state index in [0.717, 1.165) is 11.4 Å². The number of nitrogen functional groups attached to an aromatic ring is 1. The van der Waals surface area contributed by atoms with Crippen molar-refractivity contribution in [1.82, 2.24) is 0 Å². The maximum atomic E-state index is 13.5. The molecule has 0 spiro atoms. The summed E-state index contributed by atoms with van der Waals surface area (Å²) in [5.74, 6) is 1.04. The predicted molar refractivity (Wildman–Crippen MR) is 80.9 cm³/mol. The van der Waals surface area contributed by atoms with Crippen molar-refractivity contribution in [3.63, 3.8) is 0 Å². The van der Waals surface area contributed by atoms with Gasteiger partial charge in [0, 0.05) is 24.4 Å². The van der Waals surface area contributed by atoms with Gasteiger partial charge in [-0.15, -0.1) is 0 Å². The lowest BCUT2D eigenvalue weighted by molar-refractivity contribution is 0.172. The van der Waals surface area contributed by atoms with E-state index in [1.165, 1.54) is 12.1 Å². The minimum Gasteiger partial charge on any atom is -0.486 e. The topological polar surface area (TPSA) is 47.7 Å². The van der Waals surface area contributed by atoms with E-state index in [1.807, 2.05) is 24.0 Å². The molecule has 0 unspecified atom stereocenters. The Kier molecular flexibility index (Phi) is 3.56. The molecule has 5 heteroatoms. The van der Waals surface area contributed by atoms with Gasteiger partial charge in [-0.05, 0) is 25.1 Å². The zero-order valence-corrected chi connectivity index (χ0v) is 11.8. The molecule has 21 heavy (non-hydrogen) atoms. The Bertz CT molecular complexity index is 661. The molecule has 2 aromatic carbocycles. The van der Waals surface area contributed by atoms with Crippen LogP contribution in [-0.2, 0) is 0 Å². The van der Waals surface area contributed by atoms with Gasteiger partial charge in [-0.3, -0.25) is 0 Å². The average molecular weight is 288 g/mol. The molecule has 0 aliphatic carbocycles. The van der Waals surface area contributed by atoms with Gasteiger partial charge in [0.05, 0.1) is 11.4 Å². The molecule has 2 N–H and O–H groups in total. The highest BCUT2D eigenvalue weighted by Crippen LogP contribution is 2.40. The largest absolute Gasteiger partial charge is 0.486 e. The zero-order valence-electron chi connectivity index (χ0n) is 11.8. The van der Waals surface area contributed by atoms with E-state index >= 15 is 0 Å². The van der Waals surface area contributed by atoms with Crippen molar-refractivity contribution < 1.29 is 13.9 Å². The van der Waals surface area contributed by atoms with E-state index in [1.54, 1.807) is 12.1 Å². The summed E-state index contributed by atoms with van der Waals surface area (Å²) in [5.41, 5.74) is 8.24. The molecule has 2 aromatic rings. The molecule has 1 aliphatic heterocycles. The minimum atomic E-state index is -0.276. The number of rotatable bonds is 3. The van der Waals surface area contributed by atoms with Crippen LogP contribution < -0.4 is 20.1 Å². The Morgan fingerprint density at radius 2 is 1.86 bits per heavy atom. The standard InChI is InChI=1S/C16H17FN2O2/c1-2-19(12-5-3-4-11(17)8-12)14-10-16-15(9-13(14)18)20-6-7-21-16/h3-5,8-10H,2,6-7,18H2,1H3. The molecule has 0 saturated carbocycles. The lowest BCUT2D eigenvalue weighted by Gasteiger charge is -2.27. The lowest BCUT2D eigenvalue weighted by Crippen LogP contribution is -2.20. The van der Waals surface area contributed by atoms with Crippen LogP contribution in [0.15, 0.2) is 36.4 Å². The predicted octanol–water partition coefficient (Wildman–Crippen LogP) is 3.34. The molecule has 0 atom stereocenters. The van der Waals surface area contributed by atoms with Crippen LogP contribution in [-0.4, -0.2) is 19.8 Å². The van der Waals surface area contributed by atoms with E-state index in [0.29, 0.717) is 36.9 Å². The number of anilines is 3. The summed E-state index contributed by atoms with van der Waals surface area (Å²) < 4.78 is 24.6. The molecular formula is C16H17FN2O2. The highest BCUT2D eigenvalue weighted by molar-refractivity contribution is 5.78. The zero-order chi connectivity index (χ0) is 14.8. The number of hydrogen-bond donors (Lipinski definition) is 1. The van der Waals surface area contributed by atoms with Crippen LogP contribution in [0.5, 0.6) is 11.5 Å². The molecule has 0 aromatic heterocycles. The van der Waals surface area contributed by atoms with Crippen LogP contribution in [0.1, 0.15) is 6.92 Å². The first kappa shape index (κ1) is 13.5.